The van der Waals surface area contributed by atoms with Crippen molar-refractivity contribution in [2.24, 2.45) is 5.73 Å². The molecule has 1 aliphatic carbocycles. The molecule has 0 unspecified atom stereocenters. The van der Waals surface area contributed by atoms with Gasteiger partial charge in [-0.2, -0.15) is 0 Å². The summed E-state index contributed by atoms with van der Waals surface area (Å²) in [4.78, 5) is 0.429. The maximum atomic E-state index is 6.06. The van der Waals surface area contributed by atoms with Crippen molar-refractivity contribution < 1.29 is 4.74 Å². The molecule has 2 rings (SSSR count). The van der Waals surface area contributed by atoms with Crippen LogP contribution in [0.15, 0.2) is 18.2 Å². The number of benzene rings is 1. The van der Waals surface area contributed by atoms with Crippen LogP contribution in [0.2, 0.25) is 0 Å². The van der Waals surface area contributed by atoms with Gasteiger partial charge in [-0.15, -0.1) is 0 Å². The average Bonchev–Trinajstić information content (AvgIpc) is 2.33. The molecule has 0 amide bonds. The van der Waals surface area contributed by atoms with Gasteiger partial charge in [0.25, 0.3) is 0 Å². The van der Waals surface area contributed by atoms with Crippen molar-refractivity contribution in [2.45, 2.75) is 45.1 Å². The van der Waals surface area contributed by atoms with Crippen molar-refractivity contribution in [3.8, 4) is 5.75 Å². The Morgan fingerprint density at radius 3 is 2.65 bits per heavy atom. The van der Waals surface area contributed by atoms with E-state index in [0.29, 0.717) is 11.1 Å². The monoisotopic (exact) mass is 249 g/mol. The van der Waals surface area contributed by atoms with Gasteiger partial charge in [-0.25, -0.2) is 0 Å². The van der Waals surface area contributed by atoms with Gasteiger partial charge in [0.05, 0.1) is 6.10 Å². The van der Waals surface area contributed by atoms with Gasteiger partial charge < -0.3 is 10.5 Å². The molecule has 1 aliphatic rings. The summed E-state index contributed by atoms with van der Waals surface area (Å²) in [5.41, 5.74) is 7.68. The van der Waals surface area contributed by atoms with Crippen molar-refractivity contribution >= 4 is 17.2 Å². The van der Waals surface area contributed by atoms with Gasteiger partial charge in [0.15, 0.2) is 0 Å². The van der Waals surface area contributed by atoms with Gasteiger partial charge in [-0.05, 0) is 44.2 Å². The molecule has 3 heteroatoms. The Morgan fingerprint density at radius 2 is 2.00 bits per heavy atom. The normalized spacial score (nSPS) is 16.8. The predicted molar refractivity (Wildman–Crippen MR) is 74.6 cm³/mol. The van der Waals surface area contributed by atoms with Crippen LogP contribution in [-0.4, -0.2) is 11.1 Å². The minimum absolute atomic E-state index is 0.365. The lowest BCUT2D eigenvalue weighted by molar-refractivity contribution is 0.154. The lowest BCUT2D eigenvalue weighted by atomic mass is 9.97. The van der Waals surface area contributed by atoms with Crippen molar-refractivity contribution in [1.29, 1.82) is 0 Å². The highest BCUT2D eigenvalue weighted by Crippen LogP contribution is 2.26. The number of hydrogen-bond donors (Lipinski definition) is 1. The molecular formula is C14H19NOS. The van der Waals surface area contributed by atoms with E-state index < -0.39 is 0 Å². The van der Waals surface area contributed by atoms with Gasteiger partial charge >= 0.3 is 0 Å². The fraction of sp³-hybridized carbons (Fsp3) is 0.500. The van der Waals surface area contributed by atoms with Gasteiger partial charge in [-0.1, -0.05) is 30.8 Å². The van der Waals surface area contributed by atoms with Crippen molar-refractivity contribution in [3.63, 3.8) is 0 Å². The van der Waals surface area contributed by atoms with Gasteiger partial charge in [0, 0.05) is 5.56 Å². The summed E-state index contributed by atoms with van der Waals surface area (Å²) < 4.78 is 6.06. The van der Waals surface area contributed by atoms with Crippen molar-refractivity contribution in [3.05, 3.63) is 29.3 Å². The topological polar surface area (TPSA) is 35.2 Å². The molecule has 1 aromatic rings. The molecule has 0 heterocycles. The zero-order valence-electron chi connectivity index (χ0n) is 10.2. The van der Waals surface area contributed by atoms with E-state index in [1.807, 2.05) is 18.2 Å². The van der Waals surface area contributed by atoms with E-state index in [1.54, 1.807) is 0 Å². The molecule has 2 N–H and O–H groups in total. The third-order valence-corrected chi connectivity index (χ3v) is 3.55. The molecule has 0 radical (unpaired) electrons. The van der Waals surface area contributed by atoms with Crippen LogP contribution < -0.4 is 10.5 Å². The first-order valence-electron chi connectivity index (χ1n) is 6.24. The van der Waals surface area contributed by atoms with Gasteiger partial charge in [0.1, 0.15) is 10.7 Å². The standard InChI is InChI=1S/C14H19NOS/c1-10-7-8-11(14(15)17)9-13(10)16-12-5-3-2-4-6-12/h7-9,12H,2-6H2,1H3,(H2,15,17). The molecule has 0 aromatic heterocycles. The first kappa shape index (κ1) is 12.4. The van der Waals surface area contributed by atoms with Crippen LogP contribution >= 0.6 is 12.2 Å². The molecule has 92 valence electrons. The molecule has 0 aliphatic heterocycles. The maximum absolute atomic E-state index is 6.06. The molecule has 0 spiro atoms. The van der Waals surface area contributed by atoms with E-state index in [1.165, 1.54) is 19.3 Å². The second-order valence-corrected chi connectivity index (χ2v) is 5.16. The van der Waals surface area contributed by atoms with E-state index in [2.05, 4.69) is 6.92 Å². The zero-order chi connectivity index (χ0) is 12.3. The maximum Gasteiger partial charge on any atom is 0.123 e. The summed E-state index contributed by atoms with van der Waals surface area (Å²) in [6.07, 6.45) is 6.58. The molecule has 17 heavy (non-hydrogen) atoms. The van der Waals surface area contributed by atoms with Crippen LogP contribution in [-0.2, 0) is 0 Å². The number of ether oxygens (including phenoxy) is 1. The van der Waals surface area contributed by atoms with E-state index >= 15 is 0 Å². The Bertz CT molecular complexity index is 411. The Balaban J connectivity index is 2.13. The Hall–Kier alpha value is -1.09. The molecule has 0 atom stereocenters. The number of nitrogens with two attached hydrogens (primary N) is 1. The lowest BCUT2D eigenvalue weighted by Gasteiger charge is -2.24. The van der Waals surface area contributed by atoms with Crippen LogP contribution in [0.25, 0.3) is 0 Å². The highest BCUT2D eigenvalue weighted by molar-refractivity contribution is 7.80. The molecule has 0 bridgehead atoms. The second-order valence-electron chi connectivity index (χ2n) is 4.72. The van der Waals surface area contributed by atoms with Gasteiger partial charge in [0.2, 0.25) is 0 Å². The van der Waals surface area contributed by atoms with Crippen LogP contribution in [0, 0.1) is 6.92 Å². The van der Waals surface area contributed by atoms with Crippen LogP contribution in [0.5, 0.6) is 5.75 Å². The lowest BCUT2D eigenvalue weighted by Crippen LogP contribution is -2.20. The fourth-order valence-electron chi connectivity index (χ4n) is 2.24. The summed E-state index contributed by atoms with van der Waals surface area (Å²) in [6, 6.07) is 5.93. The van der Waals surface area contributed by atoms with E-state index in [4.69, 9.17) is 22.7 Å². The molecule has 2 nitrogen and oxygen atoms in total. The van der Waals surface area contributed by atoms with Crippen LogP contribution in [0.4, 0.5) is 0 Å². The zero-order valence-corrected chi connectivity index (χ0v) is 11.1. The minimum atomic E-state index is 0.365. The fourth-order valence-corrected chi connectivity index (χ4v) is 2.37. The number of thiocarbonyl (C=S) groups is 1. The predicted octanol–water partition coefficient (Wildman–Crippen LogP) is 3.34. The highest BCUT2D eigenvalue weighted by atomic mass is 32.1. The molecule has 0 saturated heterocycles. The Labute approximate surface area is 108 Å². The van der Waals surface area contributed by atoms with Crippen molar-refractivity contribution in [2.75, 3.05) is 0 Å². The molecule has 1 saturated carbocycles. The van der Waals surface area contributed by atoms with Crippen molar-refractivity contribution in [1.82, 2.24) is 0 Å². The van der Waals surface area contributed by atoms with E-state index in [-0.39, 0.29) is 0 Å². The molecule has 1 fully saturated rings. The highest BCUT2D eigenvalue weighted by Gasteiger charge is 2.16. The third kappa shape index (κ3) is 3.19. The first-order chi connectivity index (χ1) is 8.16. The summed E-state index contributed by atoms with van der Waals surface area (Å²) in [5.74, 6) is 0.933. The summed E-state index contributed by atoms with van der Waals surface area (Å²) in [7, 11) is 0. The van der Waals surface area contributed by atoms with E-state index in [9.17, 15) is 0 Å². The second kappa shape index (κ2) is 5.50. The minimum Gasteiger partial charge on any atom is -0.490 e. The first-order valence-corrected chi connectivity index (χ1v) is 6.65. The number of hydrogen-bond acceptors (Lipinski definition) is 2. The quantitative estimate of drug-likeness (QED) is 0.834. The largest absolute Gasteiger partial charge is 0.490 e. The smallest absolute Gasteiger partial charge is 0.123 e. The summed E-state index contributed by atoms with van der Waals surface area (Å²) >= 11 is 4.99. The summed E-state index contributed by atoms with van der Waals surface area (Å²) in [6.45, 7) is 2.06. The van der Waals surface area contributed by atoms with Gasteiger partial charge in [-0.3, -0.25) is 0 Å². The van der Waals surface area contributed by atoms with Crippen LogP contribution in [0.3, 0.4) is 0 Å². The average molecular weight is 249 g/mol. The Morgan fingerprint density at radius 1 is 1.29 bits per heavy atom. The van der Waals surface area contributed by atoms with E-state index in [0.717, 1.165) is 29.7 Å². The van der Waals surface area contributed by atoms with Crippen LogP contribution in [0.1, 0.15) is 43.2 Å². The number of aryl methyl sites for hydroxylation is 1. The SMILES string of the molecule is Cc1ccc(C(N)=S)cc1OC1CCCCC1. The Kier molecular flexibility index (Phi) is 4.00. The molecular weight excluding hydrogens is 230 g/mol. The third-order valence-electron chi connectivity index (χ3n) is 3.32. The number of rotatable bonds is 3. The molecule has 1 aromatic carbocycles. The summed E-state index contributed by atoms with van der Waals surface area (Å²) in [5, 5.41) is 0.